The van der Waals surface area contributed by atoms with Gasteiger partial charge in [-0.2, -0.15) is 5.10 Å². The van der Waals surface area contributed by atoms with Gasteiger partial charge in [-0.3, -0.25) is 14.4 Å². The van der Waals surface area contributed by atoms with Crippen LogP contribution in [-0.2, 0) is 6.54 Å². The zero-order valence-corrected chi connectivity index (χ0v) is 18.6. The Hall–Kier alpha value is -3.19. The number of carbonyl (C=O) groups excluding carboxylic acids is 2. The first-order chi connectivity index (χ1) is 14.9. The maximum atomic E-state index is 13.0. The van der Waals surface area contributed by atoms with Crippen molar-refractivity contribution >= 4 is 39.9 Å². The lowest BCUT2D eigenvalue weighted by Gasteiger charge is -2.19. The number of aryl methyl sites for hydroxylation is 1. The summed E-state index contributed by atoms with van der Waals surface area (Å²) in [5, 5.41) is 8.25. The molecule has 0 saturated heterocycles. The molecule has 1 heterocycles. The van der Waals surface area contributed by atoms with Gasteiger partial charge in [0, 0.05) is 30.7 Å². The third-order valence-corrected chi connectivity index (χ3v) is 5.34. The van der Waals surface area contributed by atoms with E-state index >= 15 is 0 Å². The first-order valence-corrected chi connectivity index (χ1v) is 10.7. The number of benzene rings is 2. The van der Waals surface area contributed by atoms with Gasteiger partial charge in [0.15, 0.2) is 5.69 Å². The van der Waals surface area contributed by atoms with Crippen LogP contribution in [0.3, 0.4) is 0 Å². The van der Waals surface area contributed by atoms with Crippen molar-refractivity contribution in [3.63, 3.8) is 0 Å². The van der Waals surface area contributed by atoms with Gasteiger partial charge < -0.3 is 10.2 Å². The van der Waals surface area contributed by atoms with E-state index in [1.165, 1.54) is 4.68 Å². The van der Waals surface area contributed by atoms with Crippen LogP contribution in [-0.4, -0.2) is 39.6 Å². The second-order valence-corrected chi connectivity index (χ2v) is 7.46. The summed E-state index contributed by atoms with van der Waals surface area (Å²) in [7, 11) is 0. The van der Waals surface area contributed by atoms with E-state index in [2.05, 4.69) is 10.4 Å². The Labute approximate surface area is 185 Å². The highest BCUT2D eigenvalue weighted by Gasteiger charge is 2.19. The molecule has 0 fully saturated rings. The highest BCUT2D eigenvalue weighted by atomic mass is 35.5. The molecule has 2 amide bonds. The van der Waals surface area contributed by atoms with Crippen LogP contribution in [0, 0.1) is 0 Å². The smallest absolute Gasteiger partial charge is 0.276 e. The lowest BCUT2D eigenvalue weighted by Crippen LogP contribution is -2.30. The standard InChI is InChI=1S/C23H25ClN4O3/c1-4-13-28-23(31)17-10-8-7-9-16(17)20(26-28)21(29)25-15-11-12-18(19(24)14-15)22(30)27(5-2)6-3/h7-12,14H,4-6,13H2,1-3H3,(H,25,29). The summed E-state index contributed by atoms with van der Waals surface area (Å²) < 4.78 is 1.32. The second kappa shape index (κ2) is 9.75. The largest absolute Gasteiger partial charge is 0.339 e. The summed E-state index contributed by atoms with van der Waals surface area (Å²) >= 11 is 6.33. The number of rotatable bonds is 7. The average molecular weight is 441 g/mol. The molecule has 0 aliphatic carbocycles. The van der Waals surface area contributed by atoms with Gasteiger partial charge in [0.05, 0.1) is 16.0 Å². The summed E-state index contributed by atoms with van der Waals surface area (Å²) in [5.74, 6) is -0.618. The van der Waals surface area contributed by atoms with Crippen LogP contribution in [0.1, 0.15) is 48.0 Å². The SMILES string of the molecule is CCCn1nc(C(=O)Nc2ccc(C(=O)N(CC)CC)c(Cl)c2)c2ccccc2c1=O. The molecule has 0 unspecified atom stereocenters. The number of anilines is 1. The van der Waals surface area contributed by atoms with E-state index in [1.54, 1.807) is 47.4 Å². The second-order valence-electron chi connectivity index (χ2n) is 7.05. The molecule has 1 aromatic heterocycles. The number of nitrogens with zero attached hydrogens (tertiary/aromatic N) is 3. The third-order valence-electron chi connectivity index (χ3n) is 5.03. The van der Waals surface area contributed by atoms with Gasteiger partial charge in [-0.1, -0.05) is 36.7 Å². The minimum absolute atomic E-state index is 0.156. The molecule has 3 rings (SSSR count). The minimum Gasteiger partial charge on any atom is -0.339 e. The lowest BCUT2D eigenvalue weighted by atomic mass is 10.1. The van der Waals surface area contributed by atoms with Crippen LogP contribution >= 0.6 is 11.6 Å². The average Bonchev–Trinajstić information content (AvgIpc) is 2.76. The van der Waals surface area contributed by atoms with Gasteiger partial charge >= 0.3 is 0 Å². The van der Waals surface area contributed by atoms with E-state index in [0.717, 1.165) is 0 Å². The van der Waals surface area contributed by atoms with Gasteiger partial charge in [-0.25, -0.2) is 4.68 Å². The van der Waals surface area contributed by atoms with Crippen LogP contribution in [0.2, 0.25) is 5.02 Å². The number of fused-ring (bicyclic) bond motifs is 1. The van der Waals surface area contributed by atoms with E-state index in [-0.39, 0.29) is 22.2 Å². The number of carbonyl (C=O) groups is 2. The summed E-state index contributed by atoms with van der Waals surface area (Å²) in [6.45, 7) is 7.31. The molecule has 0 saturated carbocycles. The Bertz CT molecular complexity index is 1190. The Kier molecular flexibility index (Phi) is 7.07. The molecule has 0 bridgehead atoms. The lowest BCUT2D eigenvalue weighted by molar-refractivity contribution is 0.0773. The van der Waals surface area contributed by atoms with E-state index in [1.807, 2.05) is 20.8 Å². The molecule has 0 radical (unpaired) electrons. The Morgan fingerprint density at radius 1 is 1.06 bits per heavy atom. The molecule has 162 valence electrons. The molecule has 7 nitrogen and oxygen atoms in total. The molecule has 31 heavy (non-hydrogen) atoms. The zero-order chi connectivity index (χ0) is 22.5. The van der Waals surface area contributed by atoms with Gasteiger partial charge in [-0.05, 0) is 44.5 Å². The third kappa shape index (κ3) is 4.61. The van der Waals surface area contributed by atoms with E-state index in [9.17, 15) is 14.4 Å². The molecule has 3 aromatic rings. The normalized spacial score (nSPS) is 10.8. The van der Waals surface area contributed by atoms with Gasteiger partial charge in [-0.15, -0.1) is 0 Å². The van der Waals surface area contributed by atoms with Crippen LogP contribution in [0.15, 0.2) is 47.3 Å². The molecule has 2 aromatic carbocycles. The van der Waals surface area contributed by atoms with Gasteiger partial charge in [0.1, 0.15) is 0 Å². The van der Waals surface area contributed by atoms with Gasteiger partial charge in [0.25, 0.3) is 17.4 Å². The fourth-order valence-corrected chi connectivity index (χ4v) is 3.67. The number of hydrogen-bond donors (Lipinski definition) is 1. The Balaban J connectivity index is 1.94. The van der Waals surface area contributed by atoms with E-state index in [0.29, 0.717) is 48.1 Å². The molecule has 0 aliphatic heterocycles. The van der Waals surface area contributed by atoms with Crippen molar-refractivity contribution in [3.05, 3.63) is 69.1 Å². The Morgan fingerprint density at radius 3 is 2.35 bits per heavy atom. The van der Waals surface area contributed by atoms with Crippen molar-refractivity contribution in [2.45, 2.75) is 33.7 Å². The molecule has 0 atom stereocenters. The molecule has 1 N–H and O–H groups in total. The Morgan fingerprint density at radius 2 is 1.74 bits per heavy atom. The van der Waals surface area contributed by atoms with Crippen molar-refractivity contribution in [1.82, 2.24) is 14.7 Å². The summed E-state index contributed by atoms with van der Waals surface area (Å²) in [5.41, 5.74) is 0.744. The molecular weight excluding hydrogens is 416 g/mol. The predicted molar refractivity (Wildman–Crippen MR) is 123 cm³/mol. The monoisotopic (exact) mass is 440 g/mol. The van der Waals surface area contributed by atoms with E-state index in [4.69, 9.17) is 11.6 Å². The highest BCUT2D eigenvalue weighted by Crippen LogP contribution is 2.23. The topological polar surface area (TPSA) is 84.3 Å². The molecule has 0 aliphatic rings. The van der Waals surface area contributed by atoms with Crippen LogP contribution in [0.25, 0.3) is 10.8 Å². The van der Waals surface area contributed by atoms with Crippen molar-refractivity contribution in [1.29, 1.82) is 0 Å². The first kappa shape index (κ1) is 22.5. The number of amides is 2. The molecular formula is C23H25ClN4O3. The predicted octanol–water partition coefficient (Wildman–Crippen LogP) is 4.19. The summed E-state index contributed by atoms with van der Waals surface area (Å²) in [6.07, 6.45) is 0.712. The molecule has 8 heteroatoms. The van der Waals surface area contributed by atoms with Crippen LogP contribution < -0.4 is 10.9 Å². The van der Waals surface area contributed by atoms with Crippen LogP contribution in [0.5, 0.6) is 0 Å². The minimum atomic E-state index is -0.458. The summed E-state index contributed by atoms with van der Waals surface area (Å²) in [6, 6.07) is 11.7. The van der Waals surface area contributed by atoms with Crippen LogP contribution in [0.4, 0.5) is 5.69 Å². The quantitative estimate of drug-likeness (QED) is 0.596. The fourth-order valence-electron chi connectivity index (χ4n) is 3.40. The van der Waals surface area contributed by atoms with Crippen molar-refractivity contribution in [3.8, 4) is 0 Å². The van der Waals surface area contributed by atoms with Gasteiger partial charge in [0.2, 0.25) is 0 Å². The number of hydrogen-bond acceptors (Lipinski definition) is 4. The number of nitrogens with one attached hydrogen (secondary N) is 1. The van der Waals surface area contributed by atoms with E-state index < -0.39 is 5.91 Å². The van der Waals surface area contributed by atoms with Crippen molar-refractivity contribution in [2.75, 3.05) is 18.4 Å². The first-order valence-electron chi connectivity index (χ1n) is 10.3. The van der Waals surface area contributed by atoms with Crippen molar-refractivity contribution in [2.24, 2.45) is 0 Å². The highest BCUT2D eigenvalue weighted by molar-refractivity contribution is 6.34. The van der Waals surface area contributed by atoms with Crippen molar-refractivity contribution < 1.29 is 9.59 Å². The maximum absolute atomic E-state index is 13.0. The zero-order valence-electron chi connectivity index (χ0n) is 17.8. The summed E-state index contributed by atoms with van der Waals surface area (Å²) in [4.78, 5) is 39.9. The molecule has 0 spiro atoms. The fraction of sp³-hybridized carbons (Fsp3) is 0.304. The number of halogens is 1. The number of aromatic nitrogens is 2. The maximum Gasteiger partial charge on any atom is 0.276 e.